The molecular formula is C19H22ClN3O3S. The summed E-state index contributed by atoms with van der Waals surface area (Å²) in [5.74, 6) is -0.382. The lowest BCUT2D eigenvalue weighted by Crippen LogP contribution is -2.47. The van der Waals surface area contributed by atoms with Crippen molar-refractivity contribution >= 4 is 33.2 Å². The first kappa shape index (κ1) is 19.8. The van der Waals surface area contributed by atoms with Crippen molar-refractivity contribution in [1.29, 1.82) is 0 Å². The summed E-state index contributed by atoms with van der Waals surface area (Å²) < 4.78 is 27.6. The largest absolute Gasteiger partial charge is 0.322 e. The maximum absolute atomic E-state index is 13.1. The molecule has 1 N–H and O–H groups in total. The first-order chi connectivity index (χ1) is 12.8. The van der Waals surface area contributed by atoms with E-state index in [0.29, 0.717) is 42.5 Å². The van der Waals surface area contributed by atoms with Gasteiger partial charge in [-0.15, -0.1) is 0 Å². The van der Waals surface area contributed by atoms with Crippen LogP contribution in [0.4, 0.5) is 5.69 Å². The van der Waals surface area contributed by atoms with Crippen molar-refractivity contribution in [1.82, 2.24) is 9.21 Å². The molecule has 6 nitrogen and oxygen atoms in total. The lowest BCUT2D eigenvalue weighted by molar-refractivity contribution is 0.102. The highest BCUT2D eigenvalue weighted by Gasteiger charge is 2.29. The first-order valence-corrected chi connectivity index (χ1v) is 10.5. The second-order valence-electron chi connectivity index (χ2n) is 6.65. The molecule has 1 fully saturated rings. The van der Waals surface area contributed by atoms with Gasteiger partial charge in [-0.1, -0.05) is 23.7 Å². The molecule has 1 aliphatic rings. The molecule has 0 radical (unpaired) electrons. The summed E-state index contributed by atoms with van der Waals surface area (Å²) in [6.45, 7) is 4.00. The van der Waals surface area contributed by atoms with Crippen molar-refractivity contribution in [3.8, 4) is 0 Å². The Hall–Kier alpha value is -1.93. The van der Waals surface area contributed by atoms with Gasteiger partial charge in [0, 0.05) is 42.5 Å². The molecule has 1 heterocycles. The van der Waals surface area contributed by atoms with E-state index < -0.39 is 10.0 Å². The van der Waals surface area contributed by atoms with Crippen LogP contribution in [0, 0.1) is 6.92 Å². The average molecular weight is 408 g/mol. The van der Waals surface area contributed by atoms with Gasteiger partial charge >= 0.3 is 0 Å². The number of hydrogen-bond acceptors (Lipinski definition) is 4. The maximum atomic E-state index is 13.1. The predicted octanol–water partition coefficient (Wildman–Crippen LogP) is 2.84. The number of aryl methyl sites for hydroxylation is 1. The Balaban J connectivity index is 1.86. The standard InChI is InChI=1S/C19H22ClN3O3S/c1-14-6-7-15(19(24)21-17-5-3-4-16(20)13-17)12-18(14)27(25,26)23-10-8-22(2)9-11-23/h3-7,12-13H,8-11H2,1-2H3,(H,21,24). The third kappa shape index (κ3) is 4.50. The van der Waals surface area contributed by atoms with Crippen molar-refractivity contribution in [2.75, 3.05) is 38.5 Å². The van der Waals surface area contributed by atoms with Gasteiger partial charge in [0.05, 0.1) is 4.90 Å². The van der Waals surface area contributed by atoms with Crippen molar-refractivity contribution in [2.24, 2.45) is 0 Å². The molecule has 0 bridgehead atoms. The van der Waals surface area contributed by atoms with Crippen LogP contribution in [0.15, 0.2) is 47.4 Å². The van der Waals surface area contributed by atoms with Gasteiger partial charge in [-0.3, -0.25) is 4.79 Å². The number of carbonyl (C=O) groups is 1. The minimum atomic E-state index is -3.65. The molecule has 8 heteroatoms. The van der Waals surface area contributed by atoms with Gasteiger partial charge in [-0.05, 0) is 49.9 Å². The molecular weight excluding hydrogens is 386 g/mol. The number of piperazine rings is 1. The van der Waals surface area contributed by atoms with Gasteiger partial charge in [-0.25, -0.2) is 8.42 Å². The number of rotatable bonds is 4. The topological polar surface area (TPSA) is 69.7 Å². The van der Waals surface area contributed by atoms with E-state index in [1.165, 1.54) is 10.4 Å². The van der Waals surface area contributed by atoms with Crippen LogP contribution in [0.25, 0.3) is 0 Å². The number of amides is 1. The maximum Gasteiger partial charge on any atom is 0.255 e. The van der Waals surface area contributed by atoms with Crippen LogP contribution in [0.5, 0.6) is 0 Å². The van der Waals surface area contributed by atoms with Crippen molar-refractivity contribution in [2.45, 2.75) is 11.8 Å². The van der Waals surface area contributed by atoms with Gasteiger partial charge in [0.15, 0.2) is 0 Å². The number of likely N-dealkylation sites (N-methyl/N-ethyl adjacent to an activating group) is 1. The van der Waals surface area contributed by atoms with Gasteiger partial charge in [0.25, 0.3) is 5.91 Å². The fraction of sp³-hybridized carbons (Fsp3) is 0.316. The first-order valence-electron chi connectivity index (χ1n) is 8.63. The summed E-state index contributed by atoms with van der Waals surface area (Å²) >= 11 is 5.94. The fourth-order valence-corrected chi connectivity index (χ4v) is 4.82. The minimum Gasteiger partial charge on any atom is -0.322 e. The van der Waals surface area contributed by atoms with Crippen molar-refractivity contribution < 1.29 is 13.2 Å². The Morgan fingerprint density at radius 2 is 1.78 bits per heavy atom. The summed E-state index contributed by atoms with van der Waals surface area (Å²) in [5.41, 5.74) is 1.46. The Morgan fingerprint density at radius 3 is 2.44 bits per heavy atom. The smallest absolute Gasteiger partial charge is 0.255 e. The lowest BCUT2D eigenvalue weighted by Gasteiger charge is -2.32. The molecule has 1 aliphatic heterocycles. The van der Waals surface area contributed by atoms with E-state index >= 15 is 0 Å². The van der Waals surface area contributed by atoms with Gasteiger partial charge in [0.1, 0.15) is 0 Å². The highest BCUT2D eigenvalue weighted by atomic mass is 35.5. The molecule has 3 rings (SSSR count). The molecule has 2 aromatic rings. The molecule has 27 heavy (non-hydrogen) atoms. The van der Waals surface area contributed by atoms with Crippen LogP contribution in [-0.2, 0) is 10.0 Å². The number of hydrogen-bond donors (Lipinski definition) is 1. The van der Waals surface area contributed by atoms with Crippen LogP contribution < -0.4 is 5.32 Å². The summed E-state index contributed by atoms with van der Waals surface area (Å²) in [7, 11) is -1.68. The molecule has 0 aromatic heterocycles. The monoisotopic (exact) mass is 407 g/mol. The van der Waals surface area contributed by atoms with E-state index in [1.54, 1.807) is 43.3 Å². The zero-order chi connectivity index (χ0) is 19.6. The summed E-state index contributed by atoms with van der Waals surface area (Å²) in [5, 5.41) is 3.25. The quantitative estimate of drug-likeness (QED) is 0.846. The van der Waals surface area contributed by atoms with E-state index in [9.17, 15) is 13.2 Å². The van der Waals surface area contributed by atoms with E-state index in [0.717, 1.165) is 0 Å². The van der Waals surface area contributed by atoms with Crippen LogP contribution in [-0.4, -0.2) is 56.8 Å². The summed E-state index contributed by atoms with van der Waals surface area (Å²) in [6.07, 6.45) is 0. The highest BCUT2D eigenvalue weighted by molar-refractivity contribution is 7.89. The number of nitrogens with zero attached hydrogens (tertiary/aromatic N) is 2. The number of halogens is 1. The van der Waals surface area contributed by atoms with E-state index in [4.69, 9.17) is 11.6 Å². The zero-order valence-electron chi connectivity index (χ0n) is 15.3. The Kier molecular flexibility index (Phi) is 5.86. The van der Waals surface area contributed by atoms with Crippen LogP contribution >= 0.6 is 11.6 Å². The van der Waals surface area contributed by atoms with Crippen molar-refractivity contribution in [3.63, 3.8) is 0 Å². The normalized spacial score (nSPS) is 16.3. The van der Waals surface area contributed by atoms with Gasteiger partial charge < -0.3 is 10.2 Å². The van der Waals surface area contributed by atoms with Crippen LogP contribution in [0.3, 0.4) is 0 Å². The van der Waals surface area contributed by atoms with Gasteiger partial charge in [-0.2, -0.15) is 4.31 Å². The zero-order valence-corrected chi connectivity index (χ0v) is 16.8. The summed E-state index contributed by atoms with van der Waals surface area (Å²) in [6, 6.07) is 11.5. The molecule has 0 atom stereocenters. The molecule has 0 unspecified atom stereocenters. The number of benzene rings is 2. The van der Waals surface area contributed by atoms with Gasteiger partial charge in [0.2, 0.25) is 10.0 Å². The van der Waals surface area contributed by atoms with E-state index in [2.05, 4.69) is 10.2 Å². The molecule has 0 aliphatic carbocycles. The number of sulfonamides is 1. The van der Waals surface area contributed by atoms with E-state index in [-0.39, 0.29) is 16.4 Å². The lowest BCUT2D eigenvalue weighted by atomic mass is 10.1. The Labute approximate surface area is 164 Å². The highest BCUT2D eigenvalue weighted by Crippen LogP contribution is 2.23. The predicted molar refractivity (Wildman–Crippen MR) is 107 cm³/mol. The fourth-order valence-electron chi connectivity index (χ4n) is 2.96. The molecule has 1 saturated heterocycles. The average Bonchev–Trinajstić information content (AvgIpc) is 2.62. The van der Waals surface area contributed by atoms with E-state index in [1.807, 2.05) is 7.05 Å². The Morgan fingerprint density at radius 1 is 1.07 bits per heavy atom. The Bertz CT molecular complexity index is 954. The molecule has 0 saturated carbocycles. The third-order valence-corrected chi connectivity index (χ3v) is 6.89. The molecule has 144 valence electrons. The minimum absolute atomic E-state index is 0.172. The number of nitrogens with one attached hydrogen (secondary N) is 1. The SMILES string of the molecule is Cc1ccc(C(=O)Nc2cccc(Cl)c2)cc1S(=O)(=O)N1CCN(C)CC1. The molecule has 2 aromatic carbocycles. The number of carbonyl (C=O) groups excluding carboxylic acids is 1. The summed E-state index contributed by atoms with van der Waals surface area (Å²) in [4.78, 5) is 14.8. The molecule has 0 spiro atoms. The second kappa shape index (κ2) is 7.98. The van der Waals surface area contributed by atoms with Crippen LogP contribution in [0.1, 0.15) is 15.9 Å². The molecule has 1 amide bonds. The second-order valence-corrected chi connectivity index (χ2v) is 8.99. The third-order valence-electron chi connectivity index (χ3n) is 4.61. The number of anilines is 1. The van der Waals surface area contributed by atoms with Crippen molar-refractivity contribution in [3.05, 3.63) is 58.6 Å². The van der Waals surface area contributed by atoms with Crippen LogP contribution in [0.2, 0.25) is 5.02 Å².